The molecule has 0 spiro atoms. The first-order chi connectivity index (χ1) is 11.8. The minimum Gasteiger partial charge on any atom is -0.478 e. The van der Waals surface area contributed by atoms with Crippen molar-refractivity contribution < 1.29 is 14.7 Å². The number of nitrogens with two attached hydrogens (primary N) is 1. The highest BCUT2D eigenvalue weighted by Gasteiger charge is 2.25. The number of carboxylic acid groups (broad SMARTS) is 1. The van der Waals surface area contributed by atoms with E-state index in [2.05, 4.69) is 4.98 Å². The summed E-state index contributed by atoms with van der Waals surface area (Å²) < 4.78 is 0. The fourth-order valence-electron chi connectivity index (χ4n) is 2.99. The van der Waals surface area contributed by atoms with Crippen LogP contribution in [-0.4, -0.2) is 39.0 Å². The molecule has 1 aromatic heterocycles. The normalized spacial score (nSPS) is 11.0. The van der Waals surface area contributed by atoms with Crippen LogP contribution in [0.1, 0.15) is 48.4 Å². The number of aromatic carboxylic acids is 1. The average Bonchev–Trinajstić information content (AvgIpc) is 2.54. The number of benzene rings is 1. The number of amides is 1. The highest BCUT2D eigenvalue weighted by atomic mass is 16.4. The van der Waals surface area contributed by atoms with E-state index in [0.29, 0.717) is 16.7 Å². The van der Waals surface area contributed by atoms with Crippen molar-refractivity contribution in [3.05, 3.63) is 47.8 Å². The van der Waals surface area contributed by atoms with Gasteiger partial charge in [-0.1, -0.05) is 12.1 Å². The Bertz CT molecular complexity index is 792. The second-order valence-corrected chi connectivity index (χ2v) is 6.39. The largest absolute Gasteiger partial charge is 0.478 e. The predicted octanol–water partition coefficient (Wildman–Crippen LogP) is 3.29. The van der Waals surface area contributed by atoms with Gasteiger partial charge in [0.1, 0.15) is 0 Å². The third-order valence-electron chi connectivity index (χ3n) is 4.03. The zero-order chi connectivity index (χ0) is 18.7. The van der Waals surface area contributed by atoms with Crippen molar-refractivity contribution in [1.82, 2.24) is 9.88 Å². The Morgan fingerprint density at radius 3 is 2.24 bits per heavy atom. The molecule has 0 saturated heterocycles. The van der Waals surface area contributed by atoms with E-state index in [1.807, 2.05) is 27.7 Å². The third-order valence-corrected chi connectivity index (χ3v) is 4.03. The standard InChI is InChI=1S/C19H23N3O3/c1-11(2)22(12(3)4)18(23)14-8-9-21-10-16(14)13-6-5-7-15(17(13)20)19(24)25/h5-12H,20H2,1-4H3,(H,24,25). The van der Waals surface area contributed by atoms with E-state index in [4.69, 9.17) is 5.73 Å². The van der Waals surface area contributed by atoms with Crippen LogP contribution >= 0.6 is 0 Å². The van der Waals surface area contributed by atoms with Crippen LogP contribution in [0.3, 0.4) is 0 Å². The molecule has 6 heteroatoms. The number of nitrogens with zero attached hydrogens (tertiary/aromatic N) is 2. The number of pyridine rings is 1. The molecule has 0 aliphatic carbocycles. The van der Waals surface area contributed by atoms with Crippen LogP contribution in [0.4, 0.5) is 5.69 Å². The van der Waals surface area contributed by atoms with Crippen molar-refractivity contribution in [2.45, 2.75) is 39.8 Å². The number of carbonyl (C=O) groups excluding carboxylic acids is 1. The molecule has 1 heterocycles. The lowest BCUT2D eigenvalue weighted by Gasteiger charge is -2.31. The van der Waals surface area contributed by atoms with E-state index >= 15 is 0 Å². The molecule has 0 fully saturated rings. The van der Waals surface area contributed by atoms with Gasteiger partial charge in [0.05, 0.1) is 16.8 Å². The van der Waals surface area contributed by atoms with Crippen molar-refractivity contribution in [2.75, 3.05) is 5.73 Å². The number of carbonyl (C=O) groups is 2. The number of carboxylic acids is 1. The zero-order valence-electron chi connectivity index (χ0n) is 14.9. The summed E-state index contributed by atoms with van der Waals surface area (Å²) in [4.78, 5) is 30.3. The van der Waals surface area contributed by atoms with Gasteiger partial charge in [-0.05, 0) is 39.8 Å². The SMILES string of the molecule is CC(C)N(C(=O)c1ccncc1-c1cccc(C(=O)O)c1N)C(C)C. The summed E-state index contributed by atoms with van der Waals surface area (Å²) in [5.41, 5.74) is 7.64. The molecule has 2 aromatic rings. The van der Waals surface area contributed by atoms with Gasteiger partial charge >= 0.3 is 5.97 Å². The van der Waals surface area contributed by atoms with Gasteiger partial charge in [0.2, 0.25) is 0 Å². The molecule has 2 rings (SSSR count). The van der Waals surface area contributed by atoms with E-state index in [1.165, 1.54) is 6.07 Å². The predicted molar refractivity (Wildman–Crippen MR) is 97.5 cm³/mol. The fourth-order valence-corrected chi connectivity index (χ4v) is 2.99. The van der Waals surface area contributed by atoms with Crippen molar-refractivity contribution >= 4 is 17.6 Å². The van der Waals surface area contributed by atoms with Crippen LogP contribution in [0.25, 0.3) is 11.1 Å². The van der Waals surface area contributed by atoms with E-state index in [1.54, 1.807) is 35.5 Å². The summed E-state index contributed by atoms with van der Waals surface area (Å²) >= 11 is 0. The molecule has 0 aliphatic heterocycles. The molecule has 0 bridgehead atoms. The van der Waals surface area contributed by atoms with Gasteiger partial charge in [-0.25, -0.2) is 4.79 Å². The minimum atomic E-state index is -1.11. The van der Waals surface area contributed by atoms with Crippen LogP contribution in [0, 0.1) is 0 Å². The molecule has 0 radical (unpaired) electrons. The van der Waals surface area contributed by atoms with Crippen molar-refractivity contribution in [2.24, 2.45) is 0 Å². The zero-order valence-corrected chi connectivity index (χ0v) is 14.9. The average molecular weight is 341 g/mol. The smallest absolute Gasteiger partial charge is 0.337 e. The first-order valence-corrected chi connectivity index (χ1v) is 8.14. The number of rotatable bonds is 5. The summed E-state index contributed by atoms with van der Waals surface area (Å²) in [5.74, 6) is -1.25. The molecule has 132 valence electrons. The van der Waals surface area contributed by atoms with Gasteiger partial charge in [0.15, 0.2) is 0 Å². The van der Waals surface area contributed by atoms with E-state index in [-0.39, 0.29) is 29.2 Å². The highest BCUT2D eigenvalue weighted by Crippen LogP contribution is 2.31. The van der Waals surface area contributed by atoms with Gasteiger partial charge in [-0.2, -0.15) is 0 Å². The molecule has 0 aliphatic rings. The number of hydrogen-bond donors (Lipinski definition) is 2. The molecular formula is C19H23N3O3. The Labute approximate surface area is 147 Å². The Morgan fingerprint density at radius 2 is 1.68 bits per heavy atom. The number of hydrogen-bond acceptors (Lipinski definition) is 4. The molecule has 0 saturated carbocycles. The summed E-state index contributed by atoms with van der Waals surface area (Å²) in [6.07, 6.45) is 3.09. The molecule has 3 N–H and O–H groups in total. The summed E-state index contributed by atoms with van der Waals surface area (Å²) in [5, 5.41) is 9.28. The van der Waals surface area contributed by atoms with E-state index in [0.717, 1.165) is 0 Å². The molecule has 25 heavy (non-hydrogen) atoms. The molecule has 6 nitrogen and oxygen atoms in total. The first kappa shape index (κ1) is 18.4. The maximum atomic E-state index is 13.1. The maximum absolute atomic E-state index is 13.1. The third kappa shape index (κ3) is 3.63. The summed E-state index contributed by atoms with van der Waals surface area (Å²) in [7, 11) is 0. The van der Waals surface area contributed by atoms with Crippen molar-refractivity contribution in [3.8, 4) is 11.1 Å². The van der Waals surface area contributed by atoms with Crippen LogP contribution in [0.2, 0.25) is 0 Å². The van der Waals surface area contributed by atoms with Crippen LogP contribution in [-0.2, 0) is 0 Å². The highest BCUT2D eigenvalue weighted by molar-refractivity contribution is 6.04. The molecular weight excluding hydrogens is 318 g/mol. The second-order valence-electron chi connectivity index (χ2n) is 6.39. The lowest BCUT2D eigenvalue weighted by Crippen LogP contribution is -2.42. The lowest BCUT2D eigenvalue weighted by molar-refractivity contribution is 0.0643. The Kier molecular flexibility index (Phi) is 5.41. The number of para-hydroxylation sites is 1. The topological polar surface area (TPSA) is 96.5 Å². The van der Waals surface area contributed by atoms with Gasteiger partial charge in [-0.3, -0.25) is 9.78 Å². The Morgan fingerprint density at radius 1 is 1.04 bits per heavy atom. The molecule has 0 atom stereocenters. The van der Waals surface area contributed by atoms with Crippen LogP contribution in [0.15, 0.2) is 36.7 Å². The molecule has 1 aromatic carbocycles. The number of anilines is 1. The van der Waals surface area contributed by atoms with Crippen molar-refractivity contribution in [1.29, 1.82) is 0 Å². The number of aromatic nitrogens is 1. The summed E-state index contributed by atoms with van der Waals surface area (Å²) in [6.45, 7) is 7.83. The van der Waals surface area contributed by atoms with Crippen molar-refractivity contribution in [3.63, 3.8) is 0 Å². The maximum Gasteiger partial charge on any atom is 0.337 e. The lowest BCUT2D eigenvalue weighted by atomic mass is 9.96. The van der Waals surface area contributed by atoms with Gasteiger partial charge < -0.3 is 15.7 Å². The van der Waals surface area contributed by atoms with E-state index < -0.39 is 5.97 Å². The van der Waals surface area contributed by atoms with Crippen LogP contribution in [0.5, 0.6) is 0 Å². The van der Waals surface area contributed by atoms with E-state index in [9.17, 15) is 14.7 Å². The molecule has 0 unspecified atom stereocenters. The quantitative estimate of drug-likeness (QED) is 0.814. The van der Waals surface area contributed by atoms with Gasteiger partial charge in [0, 0.05) is 35.6 Å². The van der Waals surface area contributed by atoms with Gasteiger partial charge in [0.25, 0.3) is 5.91 Å². The Hall–Kier alpha value is -2.89. The monoisotopic (exact) mass is 341 g/mol. The second kappa shape index (κ2) is 7.34. The summed E-state index contributed by atoms with van der Waals surface area (Å²) in [6, 6.07) is 6.44. The minimum absolute atomic E-state index is 0.00401. The number of nitrogen functional groups attached to an aromatic ring is 1. The van der Waals surface area contributed by atoms with Crippen LogP contribution < -0.4 is 5.73 Å². The molecule has 1 amide bonds. The first-order valence-electron chi connectivity index (χ1n) is 8.14. The Balaban J connectivity index is 2.62. The fraction of sp³-hybridized carbons (Fsp3) is 0.316. The van der Waals surface area contributed by atoms with Gasteiger partial charge in [-0.15, -0.1) is 0 Å².